The summed E-state index contributed by atoms with van der Waals surface area (Å²) >= 11 is 5.89. The Hall–Kier alpha value is -2.02. The summed E-state index contributed by atoms with van der Waals surface area (Å²) in [5.41, 5.74) is -0.161. The molecule has 26 heavy (non-hydrogen) atoms. The topological polar surface area (TPSA) is 85.9 Å². The highest BCUT2D eigenvalue weighted by atomic mass is 35.5. The third-order valence-corrected chi connectivity index (χ3v) is 4.95. The molecule has 7 heteroatoms. The number of urea groups is 1. The predicted octanol–water partition coefficient (Wildman–Crippen LogP) is 3.02. The largest absolute Gasteiger partial charge is 0.459 e. The highest BCUT2D eigenvalue weighted by Gasteiger charge is 2.30. The van der Waals surface area contributed by atoms with Gasteiger partial charge in [-0.05, 0) is 55.7 Å². The molecule has 2 amide bonds. The van der Waals surface area contributed by atoms with Gasteiger partial charge in [0.05, 0.1) is 18.8 Å². The minimum Gasteiger partial charge on any atom is -0.459 e. The second-order valence-electron chi connectivity index (χ2n) is 6.65. The molecule has 1 atom stereocenters. The Kier molecular flexibility index (Phi) is 5.86. The molecule has 0 unspecified atom stereocenters. The maximum Gasteiger partial charge on any atom is 0.317 e. The second-order valence-corrected chi connectivity index (χ2v) is 7.09. The average Bonchev–Trinajstić information content (AvgIpc) is 3.03. The van der Waals surface area contributed by atoms with Crippen molar-refractivity contribution in [2.75, 3.05) is 19.7 Å². The van der Waals surface area contributed by atoms with Crippen LogP contribution in [-0.2, 0) is 6.54 Å². The Balaban J connectivity index is 1.54. The zero-order valence-electron chi connectivity index (χ0n) is 14.4. The maximum atomic E-state index is 12.4. The Labute approximate surface area is 157 Å². The number of benzene rings is 1. The van der Waals surface area contributed by atoms with Crippen molar-refractivity contribution in [2.24, 2.45) is 0 Å². The monoisotopic (exact) mass is 378 g/mol. The molecule has 1 aromatic heterocycles. The molecule has 1 saturated heterocycles. The number of carbonyl (C=O) groups excluding carboxylic acids is 1. The van der Waals surface area contributed by atoms with E-state index in [9.17, 15) is 15.0 Å². The molecule has 1 fully saturated rings. The Morgan fingerprint density at radius 3 is 2.69 bits per heavy atom. The van der Waals surface area contributed by atoms with Crippen molar-refractivity contribution in [3.8, 4) is 11.3 Å². The zero-order chi connectivity index (χ0) is 18.6. The van der Waals surface area contributed by atoms with Gasteiger partial charge in [0.25, 0.3) is 0 Å². The van der Waals surface area contributed by atoms with Gasteiger partial charge >= 0.3 is 6.03 Å². The maximum absolute atomic E-state index is 12.4. The summed E-state index contributed by atoms with van der Waals surface area (Å²) in [6.45, 7) is 0.981. The van der Waals surface area contributed by atoms with Crippen LogP contribution in [0.1, 0.15) is 25.0 Å². The molecule has 6 nitrogen and oxygen atoms in total. The summed E-state index contributed by atoms with van der Waals surface area (Å²) in [5, 5.41) is 22.9. The molecule has 2 heterocycles. The first-order chi connectivity index (χ1) is 12.5. The summed E-state index contributed by atoms with van der Waals surface area (Å²) in [6, 6.07) is 10.8. The van der Waals surface area contributed by atoms with Gasteiger partial charge in [0.15, 0.2) is 0 Å². The summed E-state index contributed by atoms with van der Waals surface area (Å²) in [6.07, 6.45) is 1.53. The van der Waals surface area contributed by atoms with Gasteiger partial charge in [-0.3, -0.25) is 0 Å². The summed E-state index contributed by atoms with van der Waals surface area (Å²) in [5.74, 6) is 1.37. The van der Waals surface area contributed by atoms with E-state index in [0.29, 0.717) is 48.9 Å². The number of nitrogens with zero attached hydrogens (tertiary/aromatic N) is 1. The van der Waals surface area contributed by atoms with Gasteiger partial charge in [-0.15, -0.1) is 0 Å². The smallest absolute Gasteiger partial charge is 0.317 e. The molecule has 3 N–H and O–H groups in total. The average molecular weight is 379 g/mol. The molecule has 140 valence electrons. The number of rotatable bonds is 4. The Morgan fingerprint density at radius 1 is 1.19 bits per heavy atom. The SMILES string of the molecule is O=C(NCc1ccc(-c2ccc(Cl)cc2)o1)N1CCC[C@](O)(CO)CC1. The predicted molar refractivity (Wildman–Crippen MR) is 98.8 cm³/mol. The third-order valence-electron chi connectivity index (χ3n) is 4.70. The number of aliphatic hydroxyl groups is 2. The molecule has 0 saturated carbocycles. The van der Waals surface area contributed by atoms with E-state index in [2.05, 4.69) is 5.32 Å². The van der Waals surface area contributed by atoms with E-state index in [4.69, 9.17) is 16.0 Å². The lowest BCUT2D eigenvalue weighted by Gasteiger charge is -2.24. The van der Waals surface area contributed by atoms with Gasteiger partial charge in [0, 0.05) is 23.7 Å². The number of amides is 2. The van der Waals surface area contributed by atoms with Crippen LogP contribution in [0.4, 0.5) is 4.79 Å². The van der Waals surface area contributed by atoms with Gasteiger partial charge in [-0.1, -0.05) is 11.6 Å². The first-order valence-electron chi connectivity index (χ1n) is 8.70. The van der Waals surface area contributed by atoms with E-state index in [0.717, 1.165) is 5.56 Å². The number of carbonyl (C=O) groups is 1. The fraction of sp³-hybridized carbons (Fsp3) is 0.421. The quantitative estimate of drug-likeness (QED) is 0.763. The summed E-state index contributed by atoms with van der Waals surface area (Å²) in [4.78, 5) is 14.0. The fourth-order valence-corrected chi connectivity index (χ4v) is 3.18. The van der Waals surface area contributed by atoms with Crippen molar-refractivity contribution in [3.05, 3.63) is 47.2 Å². The number of hydrogen-bond donors (Lipinski definition) is 3. The van der Waals surface area contributed by atoms with Crippen LogP contribution >= 0.6 is 11.6 Å². The van der Waals surface area contributed by atoms with Crippen molar-refractivity contribution < 1.29 is 19.4 Å². The lowest BCUT2D eigenvalue weighted by Crippen LogP contribution is -2.41. The third kappa shape index (κ3) is 4.58. The van der Waals surface area contributed by atoms with Crippen LogP contribution in [0.15, 0.2) is 40.8 Å². The number of hydrogen-bond acceptors (Lipinski definition) is 4. The molecule has 0 bridgehead atoms. The number of halogens is 1. The van der Waals surface area contributed by atoms with Gasteiger partial charge in [-0.2, -0.15) is 0 Å². The number of furan rings is 1. The molecule has 0 aliphatic carbocycles. The first-order valence-corrected chi connectivity index (χ1v) is 9.08. The molecule has 1 aliphatic rings. The number of aliphatic hydroxyl groups excluding tert-OH is 1. The Morgan fingerprint density at radius 2 is 1.96 bits per heavy atom. The van der Waals surface area contributed by atoms with Crippen LogP contribution in [0.5, 0.6) is 0 Å². The number of nitrogens with one attached hydrogen (secondary N) is 1. The van der Waals surface area contributed by atoms with Crippen LogP contribution in [0.2, 0.25) is 5.02 Å². The highest BCUT2D eigenvalue weighted by Crippen LogP contribution is 2.24. The minimum atomic E-state index is -1.08. The van der Waals surface area contributed by atoms with Gasteiger partial charge in [0.2, 0.25) is 0 Å². The van der Waals surface area contributed by atoms with Gasteiger partial charge in [-0.25, -0.2) is 4.79 Å². The molecule has 1 aromatic carbocycles. The molecular weight excluding hydrogens is 356 g/mol. The van der Waals surface area contributed by atoms with E-state index < -0.39 is 5.60 Å². The van der Waals surface area contributed by atoms with E-state index in [-0.39, 0.29) is 19.2 Å². The van der Waals surface area contributed by atoms with Crippen molar-refractivity contribution in [1.82, 2.24) is 10.2 Å². The first kappa shape index (κ1) is 18.8. The van der Waals surface area contributed by atoms with Crippen molar-refractivity contribution in [2.45, 2.75) is 31.4 Å². The molecule has 3 rings (SSSR count). The van der Waals surface area contributed by atoms with Crippen LogP contribution in [0.3, 0.4) is 0 Å². The van der Waals surface area contributed by atoms with Crippen molar-refractivity contribution in [3.63, 3.8) is 0 Å². The van der Waals surface area contributed by atoms with E-state index in [1.165, 1.54) is 0 Å². The van der Waals surface area contributed by atoms with Gasteiger partial charge < -0.3 is 24.8 Å². The summed E-state index contributed by atoms with van der Waals surface area (Å²) < 4.78 is 5.77. The molecule has 0 radical (unpaired) electrons. The summed E-state index contributed by atoms with van der Waals surface area (Å²) in [7, 11) is 0. The molecule has 1 aliphatic heterocycles. The van der Waals surface area contributed by atoms with E-state index in [1.807, 2.05) is 24.3 Å². The molecule has 2 aromatic rings. The lowest BCUT2D eigenvalue weighted by molar-refractivity contribution is -0.0248. The highest BCUT2D eigenvalue weighted by molar-refractivity contribution is 6.30. The normalized spacial score (nSPS) is 20.7. The standard InChI is InChI=1S/C19H23ClN2O4/c20-15-4-2-14(3-5-15)17-7-6-16(26-17)12-21-18(24)22-10-1-8-19(25,13-23)9-11-22/h2-7,23,25H,1,8-13H2,(H,21,24)/t19-/m1/s1. The van der Waals surface area contributed by atoms with Crippen LogP contribution in [-0.4, -0.2) is 46.4 Å². The van der Waals surface area contributed by atoms with Crippen LogP contribution in [0, 0.1) is 0 Å². The van der Waals surface area contributed by atoms with E-state index >= 15 is 0 Å². The number of likely N-dealkylation sites (tertiary alicyclic amines) is 1. The lowest BCUT2D eigenvalue weighted by atomic mass is 9.96. The second kappa shape index (κ2) is 8.12. The van der Waals surface area contributed by atoms with Crippen LogP contribution < -0.4 is 5.32 Å². The minimum absolute atomic E-state index is 0.198. The van der Waals surface area contributed by atoms with Gasteiger partial charge in [0.1, 0.15) is 11.5 Å². The van der Waals surface area contributed by atoms with Crippen LogP contribution in [0.25, 0.3) is 11.3 Å². The molecule has 0 spiro atoms. The zero-order valence-corrected chi connectivity index (χ0v) is 15.2. The van der Waals surface area contributed by atoms with Crippen molar-refractivity contribution in [1.29, 1.82) is 0 Å². The fourth-order valence-electron chi connectivity index (χ4n) is 3.06. The molecular formula is C19H23ClN2O4. The van der Waals surface area contributed by atoms with E-state index in [1.54, 1.807) is 17.0 Å². The van der Waals surface area contributed by atoms with Crippen molar-refractivity contribution >= 4 is 17.6 Å². The Bertz CT molecular complexity index is 746.